The Balaban J connectivity index is 1.45. The highest BCUT2D eigenvalue weighted by atomic mass is 16.5. The van der Waals surface area contributed by atoms with Crippen molar-refractivity contribution in [3.63, 3.8) is 0 Å². The molecule has 1 fully saturated rings. The summed E-state index contributed by atoms with van der Waals surface area (Å²) >= 11 is 0. The Morgan fingerprint density at radius 2 is 2.16 bits per heavy atom. The fourth-order valence-corrected chi connectivity index (χ4v) is 3.18. The number of hydrogen-bond acceptors (Lipinski definition) is 5. The SMILES string of the molecule is Cc1ccccc1OCC(=O)NC1CCN(Cc2c(C)noc2C)C1. The first kappa shape index (κ1) is 17.5. The Kier molecular flexibility index (Phi) is 5.38. The van der Waals surface area contributed by atoms with Crippen LogP contribution in [0.1, 0.15) is 29.0 Å². The molecule has 134 valence electrons. The van der Waals surface area contributed by atoms with Crippen molar-refractivity contribution in [2.24, 2.45) is 0 Å². The monoisotopic (exact) mass is 343 g/mol. The zero-order chi connectivity index (χ0) is 17.8. The number of benzene rings is 1. The van der Waals surface area contributed by atoms with Crippen LogP contribution < -0.4 is 10.1 Å². The normalized spacial score (nSPS) is 17.6. The zero-order valence-electron chi connectivity index (χ0n) is 15.0. The molecule has 6 nitrogen and oxygen atoms in total. The lowest BCUT2D eigenvalue weighted by Gasteiger charge is -2.17. The van der Waals surface area contributed by atoms with Gasteiger partial charge in [0, 0.05) is 31.2 Å². The van der Waals surface area contributed by atoms with Gasteiger partial charge in [-0.15, -0.1) is 0 Å². The topological polar surface area (TPSA) is 67.6 Å². The third kappa shape index (κ3) is 4.39. The molecule has 1 N–H and O–H groups in total. The molecule has 0 saturated carbocycles. The van der Waals surface area contributed by atoms with E-state index in [0.717, 1.165) is 54.4 Å². The van der Waals surface area contributed by atoms with Crippen LogP contribution in [0.15, 0.2) is 28.8 Å². The molecule has 1 aromatic carbocycles. The fraction of sp³-hybridized carbons (Fsp3) is 0.474. The smallest absolute Gasteiger partial charge is 0.258 e. The Bertz CT molecular complexity index is 722. The van der Waals surface area contributed by atoms with Crippen LogP contribution in [-0.4, -0.2) is 41.7 Å². The summed E-state index contributed by atoms with van der Waals surface area (Å²) in [5.74, 6) is 1.55. The maximum Gasteiger partial charge on any atom is 0.258 e. The van der Waals surface area contributed by atoms with E-state index >= 15 is 0 Å². The van der Waals surface area contributed by atoms with Crippen LogP contribution in [0.25, 0.3) is 0 Å². The molecule has 1 aliphatic rings. The molecule has 2 heterocycles. The van der Waals surface area contributed by atoms with Crippen LogP contribution in [0, 0.1) is 20.8 Å². The van der Waals surface area contributed by atoms with Gasteiger partial charge in [0.15, 0.2) is 6.61 Å². The molecule has 1 unspecified atom stereocenters. The lowest BCUT2D eigenvalue weighted by Crippen LogP contribution is -2.39. The molecule has 1 amide bonds. The van der Waals surface area contributed by atoms with Crippen molar-refractivity contribution in [2.75, 3.05) is 19.7 Å². The summed E-state index contributed by atoms with van der Waals surface area (Å²) in [7, 11) is 0. The summed E-state index contributed by atoms with van der Waals surface area (Å²) in [6.07, 6.45) is 0.944. The van der Waals surface area contributed by atoms with E-state index in [1.54, 1.807) is 0 Å². The van der Waals surface area contributed by atoms with Crippen LogP contribution in [0.3, 0.4) is 0 Å². The standard InChI is InChI=1S/C19H25N3O3/c1-13-6-4-5-7-18(13)24-12-19(23)20-16-8-9-22(10-16)11-17-14(2)21-25-15(17)3/h4-7,16H,8-12H2,1-3H3,(H,20,23). The quantitative estimate of drug-likeness (QED) is 0.872. The highest BCUT2D eigenvalue weighted by Crippen LogP contribution is 2.19. The Morgan fingerprint density at radius 3 is 2.88 bits per heavy atom. The molecule has 25 heavy (non-hydrogen) atoms. The molecule has 1 atom stereocenters. The summed E-state index contributed by atoms with van der Waals surface area (Å²) in [5, 5.41) is 7.06. The number of hydrogen-bond donors (Lipinski definition) is 1. The predicted octanol–water partition coefficient (Wildman–Crippen LogP) is 2.37. The van der Waals surface area contributed by atoms with Crippen LogP contribution in [0.5, 0.6) is 5.75 Å². The number of nitrogens with one attached hydrogen (secondary N) is 1. The van der Waals surface area contributed by atoms with Gasteiger partial charge in [-0.2, -0.15) is 0 Å². The van der Waals surface area contributed by atoms with E-state index in [1.807, 2.05) is 45.0 Å². The maximum atomic E-state index is 12.1. The maximum absolute atomic E-state index is 12.1. The summed E-state index contributed by atoms with van der Waals surface area (Å²) < 4.78 is 10.8. The minimum atomic E-state index is -0.0764. The third-order valence-corrected chi connectivity index (χ3v) is 4.65. The molecule has 6 heteroatoms. The largest absolute Gasteiger partial charge is 0.484 e. The Hall–Kier alpha value is -2.34. The van der Waals surface area contributed by atoms with E-state index in [9.17, 15) is 4.79 Å². The summed E-state index contributed by atoms with van der Waals surface area (Å²) in [6, 6.07) is 7.87. The fourth-order valence-electron chi connectivity index (χ4n) is 3.18. The number of carbonyl (C=O) groups is 1. The van der Waals surface area contributed by atoms with Gasteiger partial charge in [-0.25, -0.2) is 0 Å². The number of likely N-dealkylation sites (tertiary alicyclic amines) is 1. The molecule has 0 aliphatic carbocycles. The second kappa shape index (κ2) is 7.70. The van der Waals surface area contributed by atoms with Gasteiger partial charge in [-0.05, 0) is 38.8 Å². The van der Waals surface area contributed by atoms with Crippen molar-refractivity contribution >= 4 is 5.91 Å². The number of carbonyl (C=O) groups excluding carboxylic acids is 1. The van der Waals surface area contributed by atoms with Gasteiger partial charge in [0.25, 0.3) is 5.91 Å². The molecule has 1 saturated heterocycles. The first-order valence-corrected chi connectivity index (χ1v) is 8.65. The number of para-hydroxylation sites is 1. The van der Waals surface area contributed by atoms with E-state index in [1.165, 1.54) is 0 Å². The van der Waals surface area contributed by atoms with E-state index in [-0.39, 0.29) is 18.6 Å². The van der Waals surface area contributed by atoms with Crippen LogP contribution >= 0.6 is 0 Å². The van der Waals surface area contributed by atoms with Crippen LogP contribution in [-0.2, 0) is 11.3 Å². The number of rotatable bonds is 6. The van der Waals surface area contributed by atoms with Gasteiger partial charge in [0.2, 0.25) is 0 Å². The van der Waals surface area contributed by atoms with Crippen molar-refractivity contribution in [3.05, 3.63) is 46.8 Å². The highest BCUT2D eigenvalue weighted by Gasteiger charge is 2.25. The Labute approximate surface area is 148 Å². The van der Waals surface area contributed by atoms with Crippen molar-refractivity contribution in [1.82, 2.24) is 15.4 Å². The van der Waals surface area contributed by atoms with E-state index in [0.29, 0.717) is 0 Å². The lowest BCUT2D eigenvalue weighted by molar-refractivity contribution is -0.123. The number of aryl methyl sites for hydroxylation is 3. The Morgan fingerprint density at radius 1 is 1.36 bits per heavy atom. The molecule has 3 rings (SSSR count). The van der Waals surface area contributed by atoms with Crippen LogP contribution in [0.4, 0.5) is 0 Å². The zero-order valence-corrected chi connectivity index (χ0v) is 15.0. The van der Waals surface area contributed by atoms with E-state index in [2.05, 4.69) is 15.4 Å². The predicted molar refractivity (Wildman–Crippen MR) is 94.5 cm³/mol. The molecular weight excluding hydrogens is 318 g/mol. The van der Waals surface area contributed by atoms with Gasteiger partial charge in [-0.1, -0.05) is 23.4 Å². The lowest BCUT2D eigenvalue weighted by atomic mass is 10.2. The summed E-state index contributed by atoms with van der Waals surface area (Å²) in [4.78, 5) is 14.5. The molecular formula is C19H25N3O3. The summed E-state index contributed by atoms with van der Waals surface area (Å²) in [5.41, 5.74) is 3.12. The number of ether oxygens (including phenoxy) is 1. The van der Waals surface area contributed by atoms with Crippen molar-refractivity contribution in [2.45, 2.75) is 39.8 Å². The first-order valence-electron chi connectivity index (χ1n) is 8.65. The molecule has 0 spiro atoms. The average Bonchev–Trinajstić information content (AvgIpc) is 3.15. The van der Waals surface area contributed by atoms with Crippen molar-refractivity contribution in [3.8, 4) is 5.75 Å². The number of amides is 1. The minimum Gasteiger partial charge on any atom is -0.484 e. The first-order chi connectivity index (χ1) is 12.0. The van der Waals surface area contributed by atoms with Crippen molar-refractivity contribution < 1.29 is 14.1 Å². The highest BCUT2D eigenvalue weighted by molar-refractivity contribution is 5.78. The van der Waals surface area contributed by atoms with Gasteiger partial charge in [-0.3, -0.25) is 9.69 Å². The molecule has 0 bridgehead atoms. The minimum absolute atomic E-state index is 0.0468. The summed E-state index contributed by atoms with van der Waals surface area (Å²) in [6.45, 7) is 8.51. The number of aromatic nitrogens is 1. The van der Waals surface area contributed by atoms with E-state index in [4.69, 9.17) is 9.26 Å². The molecule has 1 aliphatic heterocycles. The van der Waals surface area contributed by atoms with E-state index < -0.39 is 0 Å². The van der Waals surface area contributed by atoms with Gasteiger partial charge in [0.1, 0.15) is 11.5 Å². The number of nitrogens with zero attached hydrogens (tertiary/aromatic N) is 2. The third-order valence-electron chi connectivity index (χ3n) is 4.65. The average molecular weight is 343 g/mol. The van der Waals surface area contributed by atoms with Crippen LogP contribution in [0.2, 0.25) is 0 Å². The molecule has 2 aromatic rings. The second-order valence-electron chi connectivity index (χ2n) is 6.65. The van der Waals surface area contributed by atoms with Gasteiger partial charge in [0.05, 0.1) is 5.69 Å². The molecule has 1 aromatic heterocycles. The van der Waals surface area contributed by atoms with Crippen molar-refractivity contribution in [1.29, 1.82) is 0 Å². The second-order valence-corrected chi connectivity index (χ2v) is 6.65. The van der Waals surface area contributed by atoms with Gasteiger partial charge >= 0.3 is 0 Å². The van der Waals surface area contributed by atoms with Gasteiger partial charge < -0.3 is 14.6 Å². The molecule has 0 radical (unpaired) electrons.